The molecular formula is C17H14N2O2. The molecule has 0 saturated carbocycles. The van der Waals surface area contributed by atoms with Crippen molar-refractivity contribution < 1.29 is 9.59 Å². The van der Waals surface area contributed by atoms with Gasteiger partial charge in [-0.3, -0.25) is 9.59 Å². The summed E-state index contributed by atoms with van der Waals surface area (Å²) in [5, 5.41) is 0. The molecule has 0 fully saturated rings. The second-order valence-electron chi connectivity index (χ2n) is 4.96. The van der Waals surface area contributed by atoms with Crippen LogP contribution in [0, 0.1) is 6.92 Å². The standard InChI is InChI=1S/C17H14N2O2/c1-11-7-8-19-13(9-11)10-14(12-5-3-2-4-6-12)15(19)16(20)17(18)21/h2-10H,1H3,(H2,18,21). The van der Waals surface area contributed by atoms with Gasteiger partial charge in [-0.1, -0.05) is 30.3 Å². The van der Waals surface area contributed by atoms with Crippen LogP contribution in [0.15, 0.2) is 54.7 Å². The van der Waals surface area contributed by atoms with Gasteiger partial charge in [-0.15, -0.1) is 0 Å². The molecule has 3 aromatic rings. The van der Waals surface area contributed by atoms with Crippen LogP contribution >= 0.6 is 0 Å². The summed E-state index contributed by atoms with van der Waals surface area (Å²) < 4.78 is 1.71. The molecule has 2 N–H and O–H groups in total. The first kappa shape index (κ1) is 13.1. The quantitative estimate of drug-likeness (QED) is 0.591. The molecule has 2 aromatic heterocycles. The van der Waals surface area contributed by atoms with Gasteiger partial charge in [-0.25, -0.2) is 0 Å². The van der Waals surface area contributed by atoms with Gasteiger partial charge >= 0.3 is 0 Å². The number of hydrogen-bond donors (Lipinski definition) is 1. The Bertz CT molecular complexity index is 848. The van der Waals surface area contributed by atoms with E-state index in [4.69, 9.17) is 5.73 Å². The molecule has 21 heavy (non-hydrogen) atoms. The molecule has 2 heterocycles. The van der Waals surface area contributed by atoms with Gasteiger partial charge in [0.15, 0.2) is 0 Å². The largest absolute Gasteiger partial charge is 0.363 e. The van der Waals surface area contributed by atoms with Gasteiger partial charge in [0.1, 0.15) is 5.69 Å². The van der Waals surface area contributed by atoms with Crippen molar-refractivity contribution in [1.29, 1.82) is 0 Å². The van der Waals surface area contributed by atoms with Crippen LogP contribution in [0.25, 0.3) is 16.6 Å². The van der Waals surface area contributed by atoms with Gasteiger partial charge in [-0.05, 0) is 36.2 Å². The fourth-order valence-electron chi connectivity index (χ4n) is 2.48. The minimum absolute atomic E-state index is 0.309. The molecule has 3 rings (SSSR count). The van der Waals surface area contributed by atoms with E-state index >= 15 is 0 Å². The van der Waals surface area contributed by atoms with Crippen LogP contribution in [0.1, 0.15) is 16.1 Å². The topological polar surface area (TPSA) is 64.6 Å². The van der Waals surface area contributed by atoms with E-state index in [1.54, 1.807) is 10.6 Å². The molecule has 0 unspecified atom stereocenters. The predicted molar refractivity (Wildman–Crippen MR) is 81.1 cm³/mol. The highest BCUT2D eigenvalue weighted by Gasteiger charge is 2.22. The number of nitrogens with two attached hydrogens (primary N) is 1. The van der Waals surface area contributed by atoms with Crippen molar-refractivity contribution in [2.75, 3.05) is 0 Å². The lowest BCUT2D eigenvalue weighted by Crippen LogP contribution is -2.24. The number of Topliss-reactive ketones (excluding diaryl/α,β-unsaturated/α-hetero) is 1. The molecule has 0 bridgehead atoms. The lowest BCUT2D eigenvalue weighted by atomic mass is 10.0. The minimum atomic E-state index is -0.951. The number of rotatable bonds is 3. The van der Waals surface area contributed by atoms with E-state index in [2.05, 4.69) is 0 Å². The number of ketones is 1. The Morgan fingerprint density at radius 2 is 1.76 bits per heavy atom. The Balaban J connectivity index is 2.35. The fraction of sp³-hybridized carbons (Fsp3) is 0.0588. The fourth-order valence-corrected chi connectivity index (χ4v) is 2.48. The van der Waals surface area contributed by atoms with Crippen molar-refractivity contribution in [3.8, 4) is 11.1 Å². The van der Waals surface area contributed by atoms with Gasteiger partial charge in [0.2, 0.25) is 0 Å². The first-order chi connectivity index (χ1) is 10.1. The summed E-state index contributed by atoms with van der Waals surface area (Å²) in [6.07, 6.45) is 1.78. The summed E-state index contributed by atoms with van der Waals surface area (Å²) in [4.78, 5) is 23.6. The van der Waals surface area contributed by atoms with Gasteiger partial charge in [0, 0.05) is 17.3 Å². The van der Waals surface area contributed by atoms with E-state index < -0.39 is 11.7 Å². The molecule has 0 spiro atoms. The van der Waals surface area contributed by atoms with Crippen LogP contribution in [0.5, 0.6) is 0 Å². The molecular weight excluding hydrogens is 264 g/mol. The average molecular weight is 278 g/mol. The van der Waals surface area contributed by atoms with Gasteiger partial charge in [0.25, 0.3) is 11.7 Å². The van der Waals surface area contributed by atoms with Crippen molar-refractivity contribution in [1.82, 2.24) is 4.40 Å². The molecule has 0 atom stereocenters. The van der Waals surface area contributed by atoms with Gasteiger partial charge in [-0.2, -0.15) is 0 Å². The molecule has 0 aliphatic heterocycles. The summed E-state index contributed by atoms with van der Waals surface area (Å²) in [5.41, 5.74) is 9.03. The molecule has 104 valence electrons. The zero-order valence-electron chi connectivity index (χ0n) is 11.5. The number of nitrogens with zero attached hydrogens (tertiary/aromatic N) is 1. The summed E-state index contributed by atoms with van der Waals surface area (Å²) in [6.45, 7) is 1.98. The van der Waals surface area contributed by atoms with E-state index in [1.165, 1.54) is 0 Å². The zero-order chi connectivity index (χ0) is 15.0. The summed E-state index contributed by atoms with van der Waals surface area (Å²) in [7, 11) is 0. The molecule has 0 saturated heterocycles. The molecule has 0 radical (unpaired) electrons. The van der Waals surface area contributed by atoms with Crippen molar-refractivity contribution >= 4 is 17.2 Å². The van der Waals surface area contributed by atoms with E-state index in [0.29, 0.717) is 11.3 Å². The van der Waals surface area contributed by atoms with E-state index in [9.17, 15) is 9.59 Å². The maximum Gasteiger partial charge on any atom is 0.291 e. The van der Waals surface area contributed by atoms with E-state index in [-0.39, 0.29) is 0 Å². The molecule has 0 aliphatic rings. The number of aromatic nitrogens is 1. The van der Waals surface area contributed by atoms with E-state index in [1.807, 2.05) is 55.5 Å². The molecule has 1 aromatic carbocycles. The maximum absolute atomic E-state index is 12.2. The van der Waals surface area contributed by atoms with Crippen molar-refractivity contribution in [2.24, 2.45) is 5.73 Å². The second-order valence-corrected chi connectivity index (χ2v) is 4.96. The van der Waals surface area contributed by atoms with Crippen LogP contribution in [0.3, 0.4) is 0 Å². The number of carbonyl (C=O) groups excluding carboxylic acids is 2. The third-order valence-corrected chi connectivity index (χ3v) is 3.45. The molecule has 4 nitrogen and oxygen atoms in total. The normalized spacial score (nSPS) is 10.7. The number of primary amides is 1. The third kappa shape index (κ3) is 2.21. The number of hydrogen-bond acceptors (Lipinski definition) is 2. The lowest BCUT2D eigenvalue weighted by Gasteiger charge is -2.04. The second kappa shape index (κ2) is 4.90. The van der Waals surface area contributed by atoms with Crippen molar-refractivity contribution in [3.63, 3.8) is 0 Å². The van der Waals surface area contributed by atoms with Gasteiger partial charge < -0.3 is 10.1 Å². The van der Waals surface area contributed by atoms with Crippen LogP contribution in [0.4, 0.5) is 0 Å². The number of carbonyl (C=O) groups is 2. The van der Waals surface area contributed by atoms with Crippen molar-refractivity contribution in [2.45, 2.75) is 6.92 Å². The Kier molecular flexibility index (Phi) is 3.06. The highest BCUT2D eigenvalue weighted by atomic mass is 16.2. The average Bonchev–Trinajstić information content (AvgIpc) is 2.85. The zero-order valence-corrected chi connectivity index (χ0v) is 11.5. The molecule has 0 aliphatic carbocycles. The number of fused-ring (bicyclic) bond motifs is 1. The summed E-state index contributed by atoms with van der Waals surface area (Å²) >= 11 is 0. The Hall–Kier alpha value is -2.88. The lowest BCUT2D eigenvalue weighted by molar-refractivity contribution is -0.114. The van der Waals surface area contributed by atoms with Gasteiger partial charge in [0.05, 0.1) is 0 Å². The SMILES string of the molecule is Cc1ccn2c(C(=O)C(N)=O)c(-c3ccccc3)cc2c1. The smallest absolute Gasteiger partial charge is 0.291 e. The first-order valence-corrected chi connectivity index (χ1v) is 6.59. The van der Waals surface area contributed by atoms with Crippen LogP contribution < -0.4 is 5.73 Å². The number of pyridine rings is 1. The number of benzene rings is 1. The Labute approximate surface area is 121 Å². The molecule has 1 amide bonds. The number of amides is 1. The predicted octanol–water partition coefficient (Wildman–Crippen LogP) is 2.58. The van der Waals surface area contributed by atoms with Crippen LogP contribution in [-0.4, -0.2) is 16.1 Å². The van der Waals surface area contributed by atoms with Crippen LogP contribution in [0.2, 0.25) is 0 Å². The summed E-state index contributed by atoms with van der Waals surface area (Å²) in [6, 6.07) is 15.2. The summed E-state index contributed by atoms with van der Waals surface area (Å²) in [5.74, 6) is -1.63. The molecule has 4 heteroatoms. The highest BCUT2D eigenvalue weighted by molar-refractivity contribution is 6.43. The highest BCUT2D eigenvalue weighted by Crippen LogP contribution is 2.28. The number of aryl methyl sites for hydroxylation is 1. The minimum Gasteiger partial charge on any atom is -0.363 e. The Morgan fingerprint density at radius 1 is 1.05 bits per heavy atom. The third-order valence-electron chi connectivity index (χ3n) is 3.45. The Morgan fingerprint density at radius 3 is 2.43 bits per heavy atom. The first-order valence-electron chi connectivity index (χ1n) is 6.59. The monoisotopic (exact) mass is 278 g/mol. The maximum atomic E-state index is 12.2. The van der Waals surface area contributed by atoms with E-state index in [0.717, 1.165) is 16.6 Å². The van der Waals surface area contributed by atoms with Crippen molar-refractivity contribution in [3.05, 3.63) is 66.0 Å². The van der Waals surface area contributed by atoms with Crippen LogP contribution in [-0.2, 0) is 4.79 Å².